The van der Waals surface area contributed by atoms with Crippen LogP contribution in [0, 0.1) is 0 Å². The van der Waals surface area contributed by atoms with E-state index in [-0.39, 0.29) is 6.09 Å². The van der Waals surface area contributed by atoms with Crippen LogP contribution in [0.15, 0.2) is 18.5 Å². The van der Waals surface area contributed by atoms with Gasteiger partial charge in [-0.3, -0.25) is 4.68 Å². The van der Waals surface area contributed by atoms with Crippen LogP contribution in [0.1, 0.15) is 30.4 Å². The Balaban J connectivity index is 1.66. The first-order chi connectivity index (χ1) is 10.7. The van der Waals surface area contributed by atoms with Crippen LogP contribution in [-0.2, 0) is 18.3 Å². The third kappa shape index (κ3) is 2.81. The van der Waals surface area contributed by atoms with E-state index >= 15 is 0 Å². The first-order valence-electron chi connectivity index (χ1n) is 7.37. The van der Waals surface area contributed by atoms with Crippen LogP contribution < -0.4 is 0 Å². The lowest BCUT2D eigenvalue weighted by Gasteiger charge is -2.30. The summed E-state index contributed by atoms with van der Waals surface area (Å²) in [6, 6.07) is 1.89. The number of ether oxygens (including phenoxy) is 1. The van der Waals surface area contributed by atoms with Gasteiger partial charge in [0.25, 0.3) is 0 Å². The standard InChI is InChI=1S/C14H20N6O2/c1-18-12(10-20-7-3-6-15-20)16-17-13(18)11-4-8-19(9-5-11)14(21)22-2/h3,6-7,11H,4-5,8-10H2,1-2H3. The quantitative estimate of drug-likeness (QED) is 0.845. The lowest BCUT2D eigenvalue weighted by Crippen LogP contribution is -2.38. The zero-order valence-electron chi connectivity index (χ0n) is 12.8. The van der Waals surface area contributed by atoms with Crippen LogP contribution >= 0.6 is 0 Å². The molecule has 0 aromatic carbocycles. The summed E-state index contributed by atoms with van der Waals surface area (Å²) in [6.07, 6.45) is 5.16. The van der Waals surface area contributed by atoms with E-state index in [4.69, 9.17) is 4.74 Å². The molecule has 0 N–H and O–H groups in total. The number of hydrogen-bond donors (Lipinski definition) is 0. The lowest BCUT2D eigenvalue weighted by molar-refractivity contribution is 0.111. The zero-order valence-corrected chi connectivity index (χ0v) is 12.8. The molecule has 2 aromatic heterocycles. The molecule has 1 aliphatic heterocycles. The molecule has 1 fully saturated rings. The molecule has 1 saturated heterocycles. The molecule has 1 amide bonds. The normalized spacial score (nSPS) is 16.0. The maximum atomic E-state index is 11.5. The summed E-state index contributed by atoms with van der Waals surface area (Å²) in [5, 5.41) is 12.8. The van der Waals surface area contributed by atoms with Gasteiger partial charge < -0.3 is 14.2 Å². The fraction of sp³-hybridized carbons (Fsp3) is 0.571. The minimum atomic E-state index is -0.254. The average Bonchev–Trinajstić information content (AvgIpc) is 3.18. The Kier molecular flexibility index (Phi) is 4.08. The van der Waals surface area contributed by atoms with Gasteiger partial charge in [-0.25, -0.2) is 4.79 Å². The maximum Gasteiger partial charge on any atom is 0.409 e. The van der Waals surface area contributed by atoms with Gasteiger partial charge in [0.1, 0.15) is 12.4 Å². The number of nitrogens with zero attached hydrogens (tertiary/aromatic N) is 6. The van der Waals surface area contributed by atoms with E-state index in [1.807, 2.05) is 28.6 Å². The summed E-state index contributed by atoms with van der Waals surface area (Å²) in [5.41, 5.74) is 0. The summed E-state index contributed by atoms with van der Waals surface area (Å²) < 4.78 is 8.63. The zero-order chi connectivity index (χ0) is 15.5. The van der Waals surface area contributed by atoms with E-state index in [0.29, 0.717) is 25.6 Å². The molecule has 1 aliphatic rings. The van der Waals surface area contributed by atoms with Gasteiger partial charge >= 0.3 is 6.09 Å². The molecule has 0 saturated carbocycles. The molecule has 0 spiro atoms. The van der Waals surface area contributed by atoms with Crippen LogP contribution in [0.4, 0.5) is 4.79 Å². The van der Waals surface area contributed by atoms with Gasteiger partial charge in [0.05, 0.1) is 7.11 Å². The summed E-state index contributed by atoms with van der Waals surface area (Å²) in [7, 11) is 3.40. The topological polar surface area (TPSA) is 78.1 Å². The Hall–Kier alpha value is -2.38. The number of likely N-dealkylation sites (tertiary alicyclic amines) is 1. The molecule has 2 aromatic rings. The van der Waals surface area contributed by atoms with E-state index < -0.39 is 0 Å². The second kappa shape index (κ2) is 6.17. The van der Waals surface area contributed by atoms with Gasteiger partial charge in [0, 0.05) is 38.4 Å². The van der Waals surface area contributed by atoms with Gasteiger partial charge in [0.15, 0.2) is 5.82 Å². The maximum absolute atomic E-state index is 11.5. The van der Waals surface area contributed by atoms with Crippen molar-refractivity contribution in [2.45, 2.75) is 25.3 Å². The van der Waals surface area contributed by atoms with Crippen molar-refractivity contribution in [2.75, 3.05) is 20.2 Å². The van der Waals surface area contributed by atoms with Crippen molar-refractivity contribution in [3.63, 3.8) is 0 Å². The van der Waals surface area contributed by atoms with E-state index in [9.17, 15) is 4.79 Å². The molecular formula is C14H20N6O2. The number of methoxy groups -OCH3 is 1. The monoisotopic (exact) mass is 304 g/mol. The van der Waals surface area contributed by atoms with E-state index in [1.54, 1.807) is 11.1 Å². The molecule has 8 nitrogen and oxygen atoms in total. The Morgan fingerprint density at radius 2 is 2.14 bits per heavy atom. The first kappa shape index (κ1) is 14.6. The second-order valence-corrected chi connectivity index (χ2v) is 5.47. The predicted molar refractivity (Wildman–Crippen MR) is 78.3 cm³/mol. The van der Waals surface area contributed by atoms with Gasteiger partial charge in [-0.15, -0.1) is 10.2 Å². The van der Waals surface area contributed by atoms with Gasteiger partial charge in [-0.1, -0.05) is 0 Å². The van der Waals surface area contributed by atoms with Crippen molar-refractivity contribution in [1.29, 1.82) is 0 Å². The Labute approximate surface area is 128 Å². The third-order valence-corrected chi connectivity index (χ3v) is 4.15. The van der Waals surface area contributed by atoms with Crippen LogP contribution in [0.2, 0.25) is 0 Å². The number of carbonyl (C=O) groups excluding carboxylic acids is 1. The Bertz CT molecular complexity index is 628. The fourth-order valence-corrected chi connectivity index (χ4v) is 2.86. The molecule has 3 heterocycles. The molecule has 0 aliphatic carbocycles. The molecular weight excluding hydrogens is 284 g/mol. The summed E-state index contributed by atoms with van der Waals surface area (Å²) in [5.74, 6) is 2.19. The largest absolute Gasteiger partial charge is 0.453 e. The lowest BCUT2D eigenvalue weighted by atomic mass is 9.96. The van der Waals surface area contributed by atoms with Crippen LogP contribution in [0.25, 0.3) is 0 Å². The number of piperidine rings is 1. The van der Waals surface area contributed by atoms with Crippen molar-refractivity contribution >= 4 is 6.09 Å². The highest BCUT2D eigenvalue weighted by Gasteiger charge is 2.27. The first-order valence-corrected chi connectivity index (χ1v) is 7.37. The number of aromatic nitrogens is 5. The second-order valence-electron chi connectivity index (χ2n) is 5.47. The number of rotatable bonds is 3. The van der Waals surface area contributed by atoms with Crippen molar-refractivity contribution in [3.8, 4) is 0 Å². The molecule has 118 valence electrons. The minimum Gasteiger partial charge on any atom is -0.453 e. The number of hydrogen-bond acceptors (Lipinski definition) is 5. The Morgan fingerprint density at radius 3 is 2.77 bits per heavy atom. The van der Waals surface area contributed by atoms with E-state index in [1.165, 1.54) is 7.11 Å². The molecule has 22 heavy (non-hydrogen) atoms. The van der Waals surface area contributed by atoms with Crippen molar-refractivity contribution in [2.24, 2.45) is 7.05 Å². The molecule has 0 unspecified atom stereocenters. The van der Waals surface area contributed by atoms with E-state index in [2.05, 4.69) is 15.3 Å². The van der Waals surface area contributed by atoms with Gasteiger partial charge in [0.2, 0.25) is 0 Å². The molecule has 0 bridgehead atoms. The van der Waals surface area contributed by atoms with Crippen molar-refractivity contribution < 1.29 is 9.53 Å². The van der Waals surface area contributed by atoms with Crippen LogP contribution in [-0.4, -0.2) is 55.7 Å². The minimum absolute atomic E-state index is 0.254. The smallest absolute Gasteiger partial charge is 0.409 e. The molecule has 0 radical (unpaired) electrons. The van der Waals surface area contributed by atoms with E-state index in [0.717, 1.165) is 24.5 Å². The highest BCUT2D eigenvalue weighted by atomic mass is 16.5. The molecule has 0 atom stereocenters. The highest BCUT2D eigenvalue weighted by molar-refractivity contribution is 5.67. The average molecular weight is 304 g/mol. The summed E-state index contributed by atoms with van der Waals surface area (Å²) in [6.45, 7) is 1.99. The summed E-state index contributed by atoms with van der Waals surface area (Å²) in [4.78, 5) is 13.3. The number of carbonyl (C=O) groups is 1. The fourth-order valence-electron chi connectivity index (χ4n) is 2.86. The van der Waals surface area contributed by atoms with Crippen LogP contribution in [0.5, 0.6) is 0 Å². The highest BCUT2D eigenvalue weighted by Crippen LogP contribution is 2.27. The molecule has 3 rings (SSSR count). The van der Waals surface area contributed by atoms with Crippen LogP contribution in [0.3, 0.4) is 0 Å². The van der Waals surface area contributed by atoms with Gasteiger partial charge in [-0.05, 0) is 18.9 Å². The third-order valence-electron chi connectivity index (χ3n) is 4.15. The van der Waals surface area contributed by atoms with Crippen molar-refractivity contribution in [3.05, 3.63) is 30.1 Å². The number of amides is 1. The summed E-state index contributed by atoms with van der Waals surface area (Å²) >= 11 is 0. The SMILES string of the molecule is COC(=O)N1CCC(c2nnc(Cn3cccn3)n2C)CC1. The molecule has 8 heteroatoms. The Morgan fingerprint density at radius 1 is 1.36 bits per heavy atom. The predicted octanol–water partition coefficient (Wildman–Crippen LogP) is 1.01. The van der Waals surface area contributed by atoms with Crippen molar-refractivity contribution in [1.82, 2.24) is 29.4 Å². The van der Waals surface area contributed by atoms with Gasteiger partial charge in [-0.2, -0.15) is 5.10 Å².